The second-order valence-corrected chi connectivity index (χ2v) is 5.58. The van der Waals surface area contributed by atoms with Gasteiger partial charge in [0.15, 0.2) is 5.76 Å². The summed E-state index contributed by atoms with van der Waals surface area (Å²) in [5.74, 6) is -0.614. The van der Waals surface area contributed by atoms with Crippen LogP contribution in [0.3, 0.4) is 0 Å². The highest BCUT2D eigenvalue weighted by atomic mass is 16.5. The average molecular weight is 325 g/mol. The smallest absolute Gasteiger partial charge is 0.339 e. The Kier molecular flexibility index (Phi) is 6.18. The van der Waals surface area contributed by atoms with Crippen LogP contribution in [-0.4, -0.2) is 61.9 Å². The molecule has 0 saturated carbocycles. The van der Waals surface area contributed by atoms with E-state index in [0.717, 1.165) is 6.42 Å². The molecule has 1 amide bonds. The molecular weight excluding hydrogens is 302 g/mol. The van der Waals surface area contributed by atoms with Crippen molar-refractivity contribution in [2.24, 2.45) is 5.92 Å². The van der Waals surface area contributed by atoms with Gasteiger partial charge in [0, 0.05) is 38.6 Å². The van der Waals surface area contributed by atoms with E-state index in [-0.39, 0.29) is 23.1 Å². The number of amides is 1. The summed E-state index contributed by atoms with van der Waals surface area (Å²) in [6.45, 7) is 4.70. The standard InChI is InChI=1S/C16H23NO6/c1-3-13-12(16(19)20)8-14(23-13)15(18)17-5-4-11(9-17)10-22-7-6-21-2/h8,11H,3-7,9-10H2,1-2H3,(H,19,20). The van der Waals surface area contributed by atoms with Crippen molar-refractivity contribution < 1.29 is 28.6 Å². The fraction of sp³-hybridized carbons (Fsp3) is 0.625. The van der Waals surface area contributed by atoms with E-state index in [1.54, 1.807) is 18.9 Å². The van der Waals surface area contributed by atoms with E-state index in [2.05, 4.69) is 0 Å². The van der Waals surface area contributed by atoms with Crippen molar-refractivity contribution in [1.82, 2.24) is 4.90 Å². The van der Waals surface area contributed by atoms with Crippen LogP contribution in [0.5, 0.6) is 0 Å². The maximum atomic E-state index is 12.5. The lowest BCUT2D eigenvalue weighted by atomic mass is 10.1. The molecule has 1 N–H and O–H groups in total. The lowest BCUT2D eigenvalue weighted by molar-refractivity contribution is 0.0512. The van der Waals surface area contributed by atoms with Crippen molar-refractivity contribution in [1.29, 1.82) is 0 Å². The Morgan fingerprint density at radius 2 is 2.22 bits per heavy atom. The lowest BCUT2D eigenvalue weighted by Crippen LogP contribution is -2.29. The SMILES string of the molecule is CCc1oc(C(=O)N2CCC(COCCOC)C2)cc1C(=O)O. The van der Waals surface area contributed by atoms with Gasteiger partial charge in [0.25, 0.3) is 5.91 Å². The van der Waals surface area contributed by atoms with Gasteiger partial charge in [-0.3, -0.25) is 4.79 Å². The normalized spacial score (nSPS) is 17.7. The summed E-state index contributed by atoms with van der Waals surface area (Å²) in [5.41, 5.74) is 0.0643. The Hall–Kier alpha value is -1.86. The summed E-state index contributed by atoms with van der Waals surface area (Å²) in [6, 6.07) is 1.33. The van der Waals surface area contributed by atoms with Gasteiger partial charge in [-0.2, -0.15) is 0 Å². The number of aryl methyl sites for hydroxylation is 1. The topological polar surface area (TPSA) is 89.2 Å². The second-order valence-electron chi connectivity index (χ2n) is 5.58. The highest BCUT2D eigenvalue weighted by molar-refractivity contribution is 5.96. The number of aromatic carboxylic acids is 1. The number of ether oxygens (including phenoxy) is 2. The molecule has 1 aromatic rings. The Morgan fingerprint density at radius 1 is 1.43 bits per heavy atom. The van der Waals surface area contributed by atoms with Crippen molar-refractivity contribution in [3.05, 3.63) is 23.2 Å². The highest BCUT2D eigenvalue weighted by Gasteiger charge is 2.30. The van der Waals surface area contributed by atoms with Gasteiger partial charge in [0.2, 0.25) is 0 Å². The van der Waals surface area contributed by atoms with Crippen LogP contribution >= 0.6 is 0 Å². The molecule has 1 aliphatic heterocycles. The van der Waals surface area contributed by atoms with E-state index in [4.69, 9.17) is 19.0 Å². The molecule has 0 aromatic carbocycles. The molecule has 1 saturated heterocycles. The number of methoxy groups -OCH3 is 1. The van der Waals surface area contributed by atoms with E-state index in [1.165, 1.54) is 6.07 Å². The number of carboxylic acid groups (broad SMARTS) is 1. The second kappa shape index (κ2) is 8.12. The zero-order valence-corrected chi connectivity index (χ0v) is 13.5. The minimum atomic E-state index is -1.07. The number of carbonyl (C=O) groups excluding carboxylic acids is 1. The molecule has 1 aliphatic rings. The van der Waals surface area contributed by atoms with Gasteiger partial charge in [-0.25, -0.2) is 4.79 Å². The van der Waals surface area contributed by atoms with E-state index >= 15 is 0 Å². The first-order valence-corrected chi connectivity index (χ1v) is 7.78. The molecule has 2 heterocycles. The third-order valence-corrected chi connectivity index (χ3v) is 3.93. The molecule has 23 heavy (non-hydrogen) atoms. The Balaban J connectivity index is 1.93. The fourth-order valence-corrected chi connectivity index (χ4v) is 2.68. The molecule has 1 aromatic heterocycles. The van der Waals surface area contributed by atoms with Gasteiger partial charge >= 0.3 is 5.97 Å². The van der Waals surface area contributed by atoms with Crippen LogP contribution in [0.1, 0.15) is 40.0 Å². The molecular formula is C16H23NO6. The monoisotopic (exact) mass is 325 g/mol. The summed E-state index contributed by atoms with van der Waals surface area (Å²) in [6.07, 6.45) is 1.30. The molecule has 2 rings (SSSR count). The number of hydrogen-bond donors (Lipinski definition) is 1. The third-order valence-electron chi connectivity index (χ3n) is 3.93. The Morgan fingerprint density at radius 3 is 2.83 bits per heavy atom. The largest absolute Gasteiger partial charge is 0.478 e. The molecule has 7 heteroatoms. The first-order chi connectivity index (χ1) is 11.1. The maximum absolute atomic E-state index is 12.5. The lowest BCUT2D eigenvalue weighted by Gasteiger charge is -2.15. The molecule has 0 bridgehead atoms. The predicted octanol–water partition coefficient (Wildman–Crippen LogP) is 1.67. The van der Waals surface area contributed by atoms with Gasteiger partial charge in [0.1, 0.15) is 11.3 Å². The minimum Gasteiger partial charge on any atom is -0.478 e. The molecule has 1 atom stereocenters. The van der Waals surface area contributed by atoms with Gasteiger partial charge < -0.3 is 23.9 Å². The molecule has 1 fully saturated rings. The molecule has 0 spiro atoms. The first-order valence-electron chi connectivity index (χ1n) is 7.78. The Bertz CT molecular complexity index is 553. The average Bonchev–Trinajstić information content (AvgIpc) is 3.17. The summed E-state index contributed by atoms with van der Waals surface area (Å²) in [5, 5.41) is 9.13. The van der Waals surface area contributed by atoms with E-state index in [9.17, 15) is 9.59 Å². The number of nitrogens with zero attached hydrogens (tertiary/aromatic N) is 1. The van der Waals surface area contributed by atoms with Gasteiger partial charge in [-0.05, 0) is 6.42 Å². The molecule has 1 unspecified atom stereocenters. The summed E-state index contributed by atoms with van der Waals surface area (Å²) >= 11 is 0. The number of furan rings is 1. The number of carboxylic acids is 1. The van der Waals surface area contributed by atoms with Crippen LogP contribution in [0, 0.1) is 5.92 Å². The van der Waals surface area contributed by atoms with E-state index < -0.39 is 5.97 Å². The summed E-state index contributed by atoms with van der Waals surface area (Å²) in [4.78, 5) is 25.3. The fourth-order valence-electron chi connectivity index (χ4n) is 2.68. The van der Waals surface area contributed by atoms with Gasteiger partial charge in [-0.15, -0.1) is 0 Å². The first kappa shape index (κ1) is 17.5. The maximum Gasteiger partial charge on any atom is 0.339 e. The minimum absolute atomic E-state index is 0.0643. The van der Waals surface area contributed by atoms with Crippen molar-refractivity contribution in [2.75, 3.05) is 40.0 Å². The molecule has 0 radical (unpaired) electrons. The number of carbonyl (C=O) groups is 2. The van der Waals surface area contributed by atoms with Crippen molar-refractivity contribution in [2.45, 2.75) is 19.8 Å². The predicted molar refractivity (Wildman–Crippen MR) is 81.8 cm³/mol. The molecule has 7 nitrogen and oxygen atoms in total. The summed E-state index contributed by atoms with van der Waals surface area (Å²) < 4.78 is 15.8. The van der Waals surface area contributed by atoms with Crippen LogP contribution in [0.25, 0.3) is 0 Å². The summed E-state index contributed by atoms with van der Waals surface area (Å²) in [7, 11) is 1.62. The van der Waals surface area contributed by atoms with Crippen molar-refractivity contribution >= 4 is 11.9 Å². The van der Waals surface area contributed by atoms with E-state index in [1.807, 2.05) is 0 Å². The zero-order chi connectivity index (χ0) is 16.8. The Labute approximate surface area is 135 Å². The highest BCUT2D eigenvalue weighted by Crippen LogP contribution is 2.22. The van der Waals surface area contributed by atoms with Crippen LogP contribution in [0.4, 0.5) is 0 Å². The number of rotatable bonds is 8. The van der Waals surface area contributed by atoms with Gasteiger partial charge in [0.05, 0.1) is 19.8 Å². The van der Waals surface area contributed by atoms with Gasteiger partial charge in [-0.1, -0.05) is 6.92 Å². The zero-order valence-electron chi connectivity index (χ0n) is 13.5. The van der Waals surface area contributed by atoms with Crippen LogP contribution < -0.4 is 0 Å². The van der Waals surface area contributed by atoms with Crippen LogP contribution in [0.15, 0.2) is 10.5 Å². The quantitative estimate of drug-likeness (QED) is 0.731. The van der Waals surface area contributed by atoms with Crippen LogP contribution in [-0.2, 0) is 15.9 Å². The van der Waals surface area contributed by atoms with Crippen molar-refractivity contribution in [3.63, 3.8) is 0 Å². The van der Waals surface area contributed by atoms with Crippen LogP contribution in [0.2, 0.25) is 0 Å². The number of likely N-dealkylation sites (tertiary alicyclic amines) is 1. The van der Waals surface area contributed by atoms with Crippen molar-refractivity contribution in [3.8, 4) is 0 Å². The number of hydrogen-bond acceptors (Lipinski definition) is 5. The van der Waals surface area contributed by atoms with E-state index in [0.29, 0.717) is 45.1 Å². The molecule has 0 aliphatic carbocycles. The molecule has 128 valence electrons. The third kappa shape index (κ3) is 4.33.